The van der Waals surface area contributed by atoms with E-state index in [1.807, 2.05) is 12.1 Å². The topological polar surface area (TPSA) is 60.5 Å². The fourth-order valence-corrected chi connectivity index (χ4v) is 3.82. The average Bonchev–Trinajstić information content (AvgIpc) is 2.81. The van der Waals surface area contributed by atoms with Crippen LogP contribution < -0.4 is 15.5 Å². The van der Waals surface area contributed by atoms with Crippen LogP contribution >= 0.6 is 0 Å². The van der Waals surface area contributed by atoms with Crippen LogP contribution in [0.4, 0.5) is 21.5 Å². The summed E-state index contributed by atoms with van der Waals surface area (Å²) >= 11 is 0. The number of anilines is 3. The smallest absolute Gasteiger partial charge is 0.276 e. The molecular weight excluding hydrogens is 405 g/mol. The summed E-state index contributed by atoms with van der Waals surface area (Å²) in [5, 5.41) is 6.60. The number of pyridine rings is 1. The summed E-state index contributed by atoms with van der Waals surface area (Å²) in [6.45, 7) is 6.21. The molecule has 2 N–H and O–H groups in total. The van der Waals surface area contributed by atoms with Crippen molar-refractivity contribution in [1.82, 2.24) is 15.2 Å². The van der Waals surface area contributed by atoms with E-state index in [-0.39, 0.29) is 11.7 Å². The third-order valence-electron chi connectivity index (χ3n) is 5.60. The Hall–Kier alpha value is -3.29. The average molecular weight is 434 g/mol. The fourth-order valence-electron chi connectivity index (χ4n) is 3.82. The Kier molecular flexibility index (Phi) is 6.78. The minimum Gasteiger partial charge on any atom is -0.354 e. The lowest BCUT2D eigenvalue weighted by Crippen LogP contribution is -2.48. The highest BCUT2D eigenvalue weighted by molar-refractivity contribution is 6.04. The molecule has 6 nitrogen and oxygen atoms in total. The van der Waals surface area contributed by atoms with E-state index >= 15 is 0 Å². The second-order valence-electron chi connectivity index (χ2n) is 8.18. The van der Waals surface area contributed by atoms with Gasteiger partial charge in [-0.3, -0.25) is 9.69 Å². The van der Waals surface area contributed by atoms with Gasteiger partial charge >= 0.3 is 0 Å². The van der Waals surface area contributed by atoms with Crippen molar-refractivity contribution < 1.29 is 9.18 Å². The molecule has 1 aromatic heterocycles. The van der Waals surface area contributed by atoms with Crippen LogP contribution in [0, 0.1) is 5.82 Å². The van der Waals surface area contributed by atoms with Crippen molar-refractivity contribution in [2.45, 2.75) is 19.5 Å². The maximum absolute atomic E-state index is 13.0. The number of carbonyl (C=O) groups excluding carboxylic acids is 1. The molecule has 0 unspecified atom stereocenters. The van der Waals surface area contributed by atoms with Gasteiger partial charge in [-0.1, -0.05) is 12.1 Å². The maximum atomic E-state index is 13.0. The van der Waals surface area contributed by atoms with Gasteiger partial charge in [-0.25, -0.2) is 9.37 Å². The van der Waals surface area contributed by atoms with E-state index < -0.39 is 0 Å². The van der Waals surface area contributed by atoms with E-state index in [1.54, 1.807) is 42.4 Å². The zero-order valence-corrected chi connectivity index (χ0v) is 18.4. The Morgan fingerprint density at radius 3 is 2.50 bits per heavy atom. The molecular formula is C25H28FN5O. The molecule has 1 fully saturated rings. The van der Waals surface area contributed by atoms with E-state index in [2.05, 4.69) is 39.6 Å². The number of rotatable bonds is 6. The minimum atomic E-state index is -0.288. The van der Waals surface area contributed by atoms with E-state index in [0.29, 0.717) is 11.7 Å². The van der Waals surface area contributed by atoms with Gasteiger partial charge in [-0.15, -0.1) is 0 Å². The Morgan fingerprint density at radius 1 is 1.12 bits per heavy atom. The highest BCUT2D eigenvalue weighted by Crippen LogP contribution is 2.20. The molecule has 1 atom stereocenters. The molecule has 0 spiro atoms. The first-order chi connectivity index (χ1) is 15.5. The minimum absolute atomic E-state index is 0.179. The van der Waals surface area contributed by atoms with Crippen molar-refractivity contribution in [2.75, 3.05) is 36.9 Å². The maximum Gasteiger partial charge on any atom is 0.276 e. The largest absolute Gasteiger partial charge is 0.354 e. The fraction of sp³-hybridized carbons (Fsp3) is 0.280. The molecule has 0 aliphatic carbocycles. The Bertz CT molecular complexity index is 1040. The first-order valence-electron chi connectivity index (χ1n) is 10.8. The van der Waals surface area contributed by atoms with Crippen LogP contribution in [0.25, 0.3) is 0 Å². The third kappa shape index (κ3) is 5.49. The lowest BCUT2D eigenvalue weighted by Gasteiger charge is -2.31. The lowest BCUT2D eigenvalue weighted by molar-refractivity contribution is 0.0988. The molecule has 2 aromatic carbocycles. The van der Waals surface area contributed by atoms with Crippen LogP contribution in [0.1, 0.15) is 23.0 Å². The van der Waals surface area contributed by atoms with Crippen molar-refractivity contribution in [1.29, 1.82) is 0 Å². The second kappa shape index (κ2) is 9.89. The van der Waals surface area contributed by atoms with Crippen LogP contribution in [-0.2, 0) is 6.54 Å². The number of hydrogen-bond donors (Lipinski definition) is 2. The Morgan fingerprint density at radius 2 is 1.84 bits per heavy atom. The van der Waals surface area contributed by atoms with E-state index in [1.165, 1.54) is 17.7 Å². The summed E-state index contributed by atoms with van der Waals surface area (Å²) in [5.74, 6) is -0.467. The summed E-state index contributed by atoms with van der Waals surface area (Å²) in [5.41, 5.74) is 3.89. The molecule has 166 valence electrons. The summed E-state index contributed by atoms with van der Waals surface area (Å²) < 4.78 is 13.0. The summed E-state index contributed by atoms with van der Waals surface area (Å²) in [6.07, 6.45) is 1.60. The molecule has 4 rings (SSSR count). The SMILES string of the molecule is C[C@H]1CN(Cc2ccc(N(C)C(=O)c3ccc(Nc4ccc(F)cc4)cn3)cc2)CCN1. The van der Waals surface area contributed by atoms with Crippen molar-refractivity contribution in [3.05, 3.63) is 83.9 Å². The summed E-state index contributed by atoms with van der Waals surface area (Å²) in [4.78, 5) is 21.2. The number of halogens is 1. The van der Waals surface area contributed by atoms with Crippen LogP contribution in [0.3, 0.4) is 0 Å². The molecule has 3 aromatic rings. The quantitative estimate of drug-likeness (QED) is 0.615. The predicted octanol–water partition coefficient (Wildman–Crippen LogP) is 4.03. The molecule has 1 aliphatic rings. The van der Waals surface area contributed by atoms with Gasteiger partial charge in [0.2, 0.25) is 0 Å². The number of piperazine rings is 1. The van der Waals surface area contributed by atoms with Crippen molar-refractivity contribution in [3.63, 3.8) is 0 Å². The number of aromatic nitrogens is 1. The molecule has 2 heterocycles. The van der Waals surface area contributed by atoms with Gasteiger partial charge in [0.05, 0.1) is 11.9 Å². The van der Waals surface area contributed by atoms with Crippen LogP contribution in [-0.4, -0.2) is 48.5 Å². The molecule has 7 heteroatoms. The third-order valence-corrected chi connectivity index (χ3v) is 5.60. The van der Waals surface area contributed by atoms with Crippen molar-refractivity contribution in [2.24, 2.45) is 0 Å². The second-order valence-corrected chi connectivity index (χ2v) is 8.18. The Labute approximate surface area is 188 Å². The monoisotopic (exact) mass is 433 g/mol. The van der Waals surface area contributed by atoms with Crippen LogP contribution in [0.2, 0.25) is 0 Å². The number of amides is 1. The van der Waals surface area contributed by atoms with Crippen molar-refractivity contribution >= 4 is 23.0 Å². The summed E-state index contributed by atoms with van der Waals surface area (Å²) in [7, 11) is 1.75. The zero-order chi connectivity index (χ0) is 22.5. The van der Waals surface area contributed by atoms with Gasteiger partial charge in [0, 0.05) is 50.6 Å². The van der Waals surface area contributed by atoms with Gasteiger partial charge in [0.15, 0.2) is 0 Å². The number of benzene rings is 2. The molecule has 1 amide bonds. The zero-order valence-electron chi connectivity index (χ0n) is 18.4. The van der Waals surface area contributed by atoms with Gasteiger partial charge < -0.3 is 15.5 Å². The first kappa shape index (κ1) is 21.9. The van der Waals surface area contributed by atoms with Crippen LogP contribution in [0.5, 0.6) is 0 Å². The molecule has 1 saturated heterocycles. The van der Waals surface area contributed by atoms with Gasteiger partial charge in [-0.05, 0) is 61.0 Å². The highest BCUT2D eigenvalue weighted by Gasteiger charge is 2.17. The lowest BCUT2D eigenvalue weighted by atomic mass is 10.1. The number of nitrogens with one attached hydrogen (secondary N) is 2. The van der Waals surface area contributed by atoms with E-state index in [0.717, 1.165) is 43.2 Å². The number of carbonyl (C=O) groups is 1. The first-order valence-corrected chi connectivity index (χ1v) is 10.8. The van der Waals surface area contributed by atoms with Crippen LogP contribution in [0.15, 0.2) is 66.9 Å². The molecule has 0 saturated carbocycles. The number of nitrogens with zero attached hydrogens (tertiary/aromatic N) is 3. The van der Waals surface area contributed by atoms with E-state index in [9.17, 15) is 9.18 Å². The van der Waals surface area contributed by atoms with Gasteiger partial charge in [0.1, 0.15) is 11.5 Å². The molecule has 0 radical (unpaired) electrons. The highest BCUT2D eigenvalue weighted by atomic mass is 19.1. The normalized spacial score (nSPS) is 16.5. The van der Waals surface area contributed by atoms with Crippen molar-refractivity contribution in [3.8, 4) is 0 Å². The standard InChI is InChI=1S/C25H28FN5O/c1-18-16-31(14-13-27-18)17-19-3-10-23(11-4-19)30(2)25(32)24-12-9-22(15-28-24)29-21-7-5-20(26)6-8-21/h3-12,15,18,27,29H,13-14,16-17H2,1-2H3/t18-/m0/s1. The Balaban J connectivity index is 1.36. The van der Waals surface area contributed by atoms with Gasteiger partial charge in [0.25, 0.3) is 5.91 Å². The van der Waals surface area contributed by atoms with E-state index in [4.69, 9.17) is 0 Å². The van der Waals surface area contributed by atoms with Gasteiger partial charge in [-0.2, -0.15) is 0 Å². The summed E-state index contributed by atoms with van der Waals surface area (Å²) in [6, 6.07) is 18.2. The predicted molar refractivity (Wildman–Crippen MR) is 126 cm³/mol. The molecule has 1 aliphatic heterocycles. The molecule has 32 heavy (non-hydrogen) atoms. The molecule has 0 bridgehead atoms. The number of hydrogen-bond acceptors (Lipinski definition) is 5.